The van der Waals surface area contributed by atoms with Gasteiger partial charge in [-0.05, 0) is 80.6 Å². The van der Waals surface area contributed by atoms with Crippen LogP contribution in [0.3, 0.4) is 0 Å². The van der Waals surface area contributed by atoms with E-state index in [-0.39, 0.29) is 37.3 Å². The van der Waals surface area contributed by atoms with Gasteiger partial charge in [0.05, 0.1) is 0 Å². The largest absolute Gasteiger partial charge is 0.509 e. The molecular weight excluding hydrogens is 940 g/mol. The number of aromatic nitrogens is 2. The fourth-order valence-corrected chi connectivity index (χ4v) is 8.10. The van der Waals surface area contributed by atoms with Crippen molar-refractivity contribution in [3.05, 3.63) is 188 Å². The maximum atomic E-state index is 6.85. The third-order valence-corrected chi connectivity index (χ3v) is 11.5. The van der Waals surface area contributed by atoms with Gasteiger partial charge in [0.1, 0.15) is 5.82 Å². The predicted molar refractivity (Wildman–Crippen MR) is 254 cm³/mol. The quantitative estimate of drug-likeness (QED) is 0.149. The Morgan fingerprint density at radius 3 is 1.85 bits per heavy atom. The Morgan fingerprint density at radius 1 is 0.548 bits per heavy atom. The van der Waals surface area contributed by atoms with E-state index in [2.05, 4.69) is 229 Å². The fraction of sp³-hybridized carbons (Fsp3) is 0.214. The van der Waals surface area contributed by atoms with E-state index in [1.165, 1.54) is 22.3 Å². The molecule has 62 heavy (non-hydrogen) atoms. The Labute approximate surface area is 382 Å². The Morgan fingerprint density at radius 2 is 1.19 bits per heavy atom. The second kappa shape index (κ2) is 16.4. The smallest absolute Gasteiger partial charge is 0.135 e. The number of ether oxygens (including phenoxy) is 1. The molecule has 8 aromatic rings. The van der Waals surface area contributed by atoms with E-state index in [0.717, 1.165) is 55.8 Å². The molecule has 0 atom stereocenters. The number of hydrogen-bond donors (Lipinski definition) is 0. The first-order valence-corrected chi connectivity index (χ1v) is 21.2. The van der Waals surface area contributed by atoms with Crippen LogP contribution in [0.25, 0.3) is 49.9 Å². The molecule has 1 aliphatic heterocycles. The summed E-state index contributed by atoms with van der Waals surface area (Å²) < 4.78 is 9.05. The van der Waals surface area contributed by atoms with Gasteiger partial charge in [-0.3, -0.25) is 0 Å². The molecule has 6 aromatic carbocycles. The van der Waals surface area contributed by atoms with Crippen molar-refractivity contribution in [3.63, 3.8) is 0 Å². The average Bonchev–Trinajstić information content (AvgIpc) is 3.85. The van der Waals surface area contributed by atoms with Gasteiger partial charge in [0.25, 0.3) is 0 Å². The predicted octanol–water partition coefficient (Wildman–Crippen LogP) is 14.8. The summed E-state index contributed by atoms with van der Waals surface area (Å²) in [7, 11) is 0. The maximum Gasteiger partial charge on any atom is 0.135 e. The number of pyridine rings is 1. The zero-order valence-electron chi connectivity index (χ0n) is 37.0. The monoisotopic (exact) mass is 992 g/mol. The Bertz CT molecular complexity index is 2930. The van der Waals surface area contributed by atoms with Crippen molar-refractivity contribution >= 4 is 33.2 Å². The summed E-state index contributed by atoms with van der Waals surface area (Å²) in [6.45, 7) is 22.5. The van der Waals surface area contributed by atoms with E-state index in [4.69, 9.17) is 9.72 Å². The van der Waals surface area contributed by atoms with Gasteiger partial charge < -0.3 is 19.1 Å². The minimum Gasteiger partial charge on any atom is -0.509 e. The summed E-state index contributed by atoms with van der Waals surface area (Å²) in [6.07, 6.45) is 4.17. The van der Waals surface area contributed by atoms with Crippen LogP contribution >= 0.6 is 0 Å². The number of rotatable bonds is 7. The molecular formula is C56H53N4OPt-3. The van der Waals surface area contributed by atoms with Gasteiger partial charge in [-0.15, -0.1) is 53.6 Å². The summed E-state index contributed by atoms with van der Waals surface area (Å²) in [5.74, 6) is 2.05. The van der Waals surface area contributed by atoms with Gasteiger partial charge in [0, 0.05) is 61.1 Å². The van der Waals surface area contributed by atoms with Gasteiger partial charge in [-0.25, -0.2) is 4.98 Å². The standard InChI is InChI=1S/C56H53N4O.Pt/c1-54(2,3)42-26-27-57-53(33-42)60-50-23-17-16-22-48(50)49-25-24-46(35-51(49)60)61-47-31-41(39-20-14-11-15-21-39)30-45(34-47)59-37-58(36-52(59)56(7,8)9)44-29-40(38-18-12-10-13-19-38)28-43(32-44)55(4,5)6;/h10-33,36-37H,1-9H3;/q-3;. The summed E-state index contributed by atoms with van der Waals surface area (Å²) in [6, 6.07) is 56.7. The Hall–Kier alpha value is -5.90. The Balaban J connectivity index is 0.00000529. The number of benzene rings is 6. The van der Waals surface area contributed by atoms with Gasteiger partial charge >= 0.3 is 0 Å². The van der Waals surface area contributed by atoms with Crippen molar-refractivity contribution < 1.29 is 25.8 Å². The van der Waals surface area contributed by atoms with E-state index >= 15 is 0 Å². The SMILES string of the molecule is CC(C)(C)C1=CN(c2cc(-c3ccccc3)cc(C(C)(C)C)c2)[CH-]N1c1[c-]c(Oc2[c-]c3c(cc2)c2ccccc2n3-c2cc(C(C)(C)C)ccn2)cc(-c2ccccc2)c1.[Pt]. The molecule has 0 radical (unpaired) electrons. The van der Waals surface area contributed by atoms with Crippen molar-refractivity contribution in [2.45, 2.75) is 73.1 Å². The minimum atomic E-state index is -0.197. The van der Waals surface area contributed by atoms with E-state index in [0.29, 0.717) is 11.5 Å². The van der Waals surface area contributed by atoms with Crippen molar-refractivity contribution in [3.8, 4) is 39.6 Å². The van der Waals surface area contributed by atoms with Crippen LogP contribution in [0.15, 0.2) is 158 Å². The van der Waals surface area contributed by atoms with Gasteiger partial charge in [-0.1, -0.05) is 153 Å². The summed E-state index contributed by atoms with van der Waals surface area (Å²) in [5.41, 5.74) is 11.9. The molecule has 5 nitrogen and oxygen atoms in total. The molecule has 1 aliphatic rings. The molecule has 316 valence electrons. The molecule has 0 aliphatic carbocycles. The molecule has 3 heterocycles. The zero-order chi connectivity index (χ0) is 42.7. The van der Waals surface area contributed by atoms with Crippen LogP contribution in [0.5, 0.6) is 11.5 Å². The van der Waals surface area contributed by atoms with Crippen molar-refractivity contribution in [2.75, 3.05) is 9.80 Å². The molecule has 0 bridgehead atoms. The topological polar surface area (TPSA) is 33.5 Å². The van der Waals surface area contributed by atoms with Crippen LogP contribution in [-0.2, 0) is 31.9 Å². The van der Waals surface area contributed by atoms with Crippen LogP contribution in [-0.4, -0.2) is 9.55 Å². The van der Waals surface area contributed by atoms with E-state index in [1.807, 2.05) is 18.3 Å². The number of hydrogen-bond acceptors (Lipinski definition) is 4. The van der Waals surface area contributed by atoms with Gasteiger partial charge in [-0.2, -0.15) is 6.07 Å². The summed E-state index contributed by atoms with van der Waals surface area (Å²) >= 11 is 0. The second-order valence-electron chi connectivity index (χ2n) is 19.2. The van der Waals surface area contributed by atoms with Gasteiger partial charge in [0.2, 0.25) is 0 Å². The number of allylic oxidation sites excluding steroid dienone is 1. The first-order chi connectivity index (χ1) is 29.1. The Kier molecular flexibility index (Phi) is 11.3. The van der Waals surface area contributed by atoms with Crippen LogP contribution in [0.1, 0.15) is 73.4 Å². The molecule has 2 aromatic heterocycles. The van der Waals surface area contributed by atoms with Crippen LogP contribution in [0.2, 0.25) is 0 Å². The zero-order valence-corrected chi connectivity index (χ0v) is 39.3. The number of para-hydroxylation sites is 1. The first-order valence-electron chi connectivity index (χ1n) is 21.2. The molecule has 0 spiro atoms. The molecule has 0 saturated heterocycles. The average molecular weight is 993 g/mol. The van der Waals surface area contributed by atoms with Crippen LogP contribution in [0, 0.1) is 24.2 Å². The van der Waals surface area contributed by atoms with E-state index in [1.54, 1.807) is 0 Å². The second-order valence-corrected chi connectivity index (χ2v) is 19.2. The van der Waals surface area contributed by atoms with Crippen LogP contribution < -0.4 is 14.5 Å². The fourth-order valence-electron chi connectivity index (χ4n) is 8.10. The van der Waals surface area contributed by atoms with E-state index < -0.39 is 0 Å². The third kappa shape index (κ3) is 8.48. The number of fused-ring (bicyclic) bond motifs is 3. The summed E-state index contributed by atoms with van der Waals surface area (Å²) in [5, 5.41) is 2.23. The molecule has 0 fully saturated rings. The third-order valence-electron chi connectivity index (χ3n) is 11.5. The summed E-state index contributed by atoms with van der Waals surface area (Å²) in [4.78, 5) is 9.41. The first kappa shape index (κ1) is 42.8. The van der Waals surface area contributed by atoms with Crippen LogP contribution in [0.4, 0.5) is 11.4 Å². The molecule has 6 heteroatoms. The van der Waals surface area contributed by atoms with Gasteiger partial charge in [0.15, 0.2) is 0 Å². The van der Waals surface area contributed by atoms with Crippen molar-refractivity contribution in [1.82, 2.24) is 9.55 Å². The minimum absolute atomic E-state index is 0. The molecule has 0 N–H and O–H groups in total. The number of anilines is 2. The normalized spacial score (nSPS) is 13.4. The molecule has 0 saturated carbocycles. The van der Waals surface area contributed by atoms with Crippen molar-refractivity contribution in [1.29, 1.82) is 0 Å². The van der Waals surface area contributed by atoms with Crippen molar-refractivity contribution in [2.24, 2.45) is 5.41 Å². The number of nitrogens with zero attached hydrogens (tertiary/aromatic N) is 4. The molecule has 0 amide bonds. The molecule has 0 unspecified atom stereocenters. The van der Waals surface area contributed by atoms with E-state index in [9.17, 15) is 0 Å². The maximum absolute atomic E-state index is 6.85. The molecule has 9 rings (SSSR count).